The van der Waals surface area contributed by atoms with Gasteiger partial charge in [0.15, 0.2) is 0 Å². The number of H-pyrrole nitrogens is 1. The van der Waals surface area contributed by atoms with E-state index in [0.29, 0.717) is 5.56 Å². The number of nitrogens with zero attached hydrogens (tertiary/aromatic N) is 2. The van der Waals surface area contributed by atoms with E-state index >= 15 is 0 Å². The van der Waals surface area contributed by atoms with Crippen molar-refractivity contribution >= 4 is 11.6 Å². The number of rotatable bonds is 2. The lowest BCUT2D eigenvalue weighted by Gasteiger charge is -2.22. The Morgan fingerprint density at radius 3 is 3.09 bits per heavy atom. The van der Waals surface area contributed by atoms with Crippen LogP contribution in [0.15, 0.2) is 42.9 Å². The average molecular weight is 310 g/mol. The summed E-state index contributed by atoms with van der Waals surface area (Å²) in [5.74, 6) is -0.0456. The third kappa shape index (κ3) is 2.14. The topological polar surface area (TPSA) is 62.7 Å². The molecule has 1 atom stereocenters. The molecule has 1 aliphatic rings. The van der Waals surface area contributed by atoms with Gasteiger partial charge in [0, 0.05) is 36.7 Å². The predicted molar refractivity (Wildman–Crippen MR) is 84.8 cm³/mol. The number of carbonyl (C=O) groups excluding carboxylic acids is 1. The van der Waals surface area contributed by atoms with Crippen LogP contribution in [0.1, 0.15) is 29.0 Å². The van der Waals surface area contributed by atoms with Crippen molar-refractivity contribution in [2.75, 3.05) is 5.32 Å². The highest BCUT2D eigenvalue weighted by molar-refractivity contribution is 6.08. The monoisotopic (exact) mass is 310 g/mol. The summed E-state index contributed by atoms with van der Waals surface area (Å²) in [4.78, 5) is 20.1. The molecule has 23 heavy (non-hydrogen) atoms. The van der Waals surface area contributed by atoms with Crippen molar-refractivity contribution in [2.24, 2.45) is 0 Å². The molecule has 116 valence electrons. The molecule has 1 aromatic carbocycles. The highest BCUT2D eigenvalue weighted by Crippen LogP contribution is 2.35. The first kappa shape index (κ1) is 13.8. The van der Waals surface area contributed by atoms with Crippen molar-refractivity contribution in [2.45, 2.75) is 19.4 Å². The summed E-state index contributed by atoms with van der Waals surface area (Å²) in [6, 6.07) is 6.40. The second-order valence-electron chi connectivity index (χ2n) is 5.70. The predicted octanol–water partition coefficient (Wildman–Crippen LogP) is 3.39. The number of para-hydroxylation sites is 1. The van der Waals surface area contributed by atoms with E-state index in [-0.39, 0.29) is 17.6 Å². The van der Waals surface area contributed by atoms with Crippen LogP contribution in [0.3, 0.4) is 0 Å². The number of nitrogens with one attached hydrogen (secondary N) is 2. The van der Waals surface area contributed by atoms with E-state index in [1.165, 1.54) is 12.1 Å². The van der Waals surface area contributed by atoms with Crippen molar-refractivity contribution in [3.8, 4) is 11.4 Å². The summed E-state index contributed by atoms with van der Waals surface area (Å²) in [5, 5.41) is 2.63. The minimum absolute atomic E-state index is 0.167. The minimum Gasteiger partial charge on any atom is -0.364 e. The summed E-state index contributed by atoms with van der Waals surface area (Å²) in [5.41, 5.74) is 2.42. The van der Waals surface area contributed by atoms with Gasteiger partial charge in [0.05, 0.1) is 16.8 Å². The summed E-state index contributed by atoms with van der Waals surface area (Å²) in [7, 11) is 0. The molecule has 0 fully saturated rings. The number of aromatic nitrogens is 3. The number of hydrogen-bond donors (Lipinski definition) is 2. The molecule has 0 saturated heterocycles. The van der Waals surface area contributed by atoms with Crippen molar-refractivity contribution in [1.82, 2.24) is 14.5 Å². The molecule has 3 aromatic rings. The lowest BCUT2D eigenvalue weighted by Crippen LogP contribution is -2.18. The second-order valence-corrected chi connectivity index (χ2v) is 5.70. The highest BCUT2D eigenvalue weighted by atomic mass is 19.1. The molecule has 4 rings (SSSR count). The van der Waals surface area contributed by atoms with Gasteiger partial charge in [-0.15, -0.1) is 0 Å². The quantitative estimate of drug-likeness (QED) is 0.762. The molecule has 1 amide bonds. The molecule has 0 saturated carbocycles. The van der Waals surface area contributed by atoms with Gasteiger partial charge < -0.3 is 14.9 Å². The summed E-state index contributed by atoms with van der Waals surface area (Å²) in [6.07, 6.45) is 6.10. The van der Waals surface area contributed by atoms with Crippen molar-refractivity contribution < 1.29 is 9.18 Å². The van der Waals surface area contributed by atoms with Crippen molar-refractivity contribution in [3.63, 3.8) is 0 Å². The van der Waals surface area contributed by atoms with Gasteiger partial charge in [-0.2, -0.15) is 0 Å². The van der Waals surface area contributed by atoms with Gasteiger partial charge in [0.2, 0.25) is 0 Å². The molecule has 2 aromatic heterocycles. The van der Waals surface area contributed by atoms with Crippen LogP contribution in [-0.2, 0) is 6.42 Å². The summed E-state index contributed by atoms with van der Waals surface area (Å²) < 4.78 is 15.8. The Morgan fingerprint density at radius 1 is 1.43 bits per heavy atom. The number of hydrogen-bond acceptors (Lipinski definition) is 2. The molecule has 3 heterocycles. The number of fused-ring (bicyclic) bond motifs is 3. The first-order valence-corrected chi connectivity index (χ1v) is 7.44. The van der Waals surface area contributed by atoms with Crippen LogP contribution in [0, 0.1) is 5.82 Å². The van der Waals surface area contributed by atoms with Gasteiger partial charge >= 0.3 is 0 Å². The fourth-order valence-corrected chi connectivity index (χ4v) is 3.07. The van der Waals surface area contributed by atoms with Crippen LogP contribution in [0.4, 0.5) is 10.1 Å². The van der Waals surface area contributed by atoms with Gasteiger partial charge in [-0.05, 0) is 19.1 Å². The van der Waals surface area contributed by atoms with E-state index < -0.39 is 5.82 Å². The number of imidazole rings is 1. The number of anilines is 1. The molecule has 0 radical (unpaired) electrons. The maximum atomic E-state index is 13.7. The molecule has 1 aliphatic heterocycles. The molecular formula is C17H15FN4O. The third-order valence-electron chi connectivity index (χ3n) is 4.20. The maximum Gasteiger partial charge on any atom is 0.258 e. The van der Waals surface area contributed by atoms with Crippen LogP contribution >= 0.6 is 0 Å². The average Bonchev–Trinajstić information content (AvgIpc) is 3.15. The van der Waals surface area contributed by atoms with Crippen LogP contribution < -0.4 is 5.32 Å². The van der Waals surface area contributed by atoms with Crippen LogP contribution in [0.2, 0.25) is 0 Å². The Kier molecular flexibility index (Phi) is 3.04. The zero-order valence-electron chi connectivity index (χ0n) is 12.5. The summed E-state index contributed by atoms with van der Waals surface area (Å²) >= 11 is 0. The first-order valence-electron chi connectivity index (χ1n) is 7.44. The first-order chi connectivity index (χ1) is 11.1. The number of carbonyl (C=O) groups is 1. The van der Waals surface area contributed by atoms with Crippen molar-refractivity contribution in [1.29, 1.82) is 0 Å². The molecular weight excluding hydrogens is 295 g/mol. The number of aromatic amines is 1. The maximum absolute atomic E-state index is 13.7. The second kappa shape index (κ2) is 5.08. The van der Waals surface area contributed by atoms with E-state index in [0.717, 1.165) is 23.5 Å². The molecule has 5 nitrogen and oxygen atoms in total. The van der Waals surface area contributed by atoms with Crippen molar-refractivity contribution in [3.05, 3.63) is 59.9 Å². The van der Waals surface area contributed by atoms with Gasteiger partial charge in [0.25, 0.3) is 5.91 Å². The number of amides is 1. The van der Waals surface area contributed by atoms with Crippen LogP contribution in [-0.4, -0.2) is 20.4 Å². The highest BCUT2D eigenvalue weighted by Gasteiger charge is 2.28. The molecule has 0 aliphatic carbocycles. The van der Waals surface area contributed by atoms with Gasteiger partial charge in [-0.1, -0.05) is 12.1 Å². The Balaban J connectivity index is 1.73. The molecule has 6 heteroatoms. The Morgan fingerprint density at radius 2 is 2.26 bits per heavy atom. The van der Waals surface area contributed by atoms with E-state index in [2.05, 4.69) is 26.8 Å². The Bertz CT molecular complexity index is 896. The lowest BCUT2D eigenvalue weighted by molar-refractivity contribution is 0.102. The van der Waals surface area contributed by atoms with E-state index in [9.17, 15) is 9.18 Å². The number of halogens is 1. The lowest BCUT2D eigenvalue weighted by atomic mass is 10.0. The van der Waals surface area contributed by atoms with Crippen LogP contribution in [0.5, 0.6) is 0 Å². The van der Waals surface area contributed by atoms with Gasteiger partial charge in [-0.3, -0.25) is 4.79 Å². The summed E-state index contributed by atoms with van der Waals surface area (Å²) in [6.45, 7) is 2.11. The Labute approximate surface area is 132 Å². The van der Waals surface area contributed by atoms with Crippen LogP contribution in [0.25, 0.3) is 11.4 Å². The fraction of sp³-hybridized carbons (Fsp3) is 0.176. The molecule has 0 bridgehead atoms. The van der Waals surface area contributed by atoms with E-state index in [1.807, 2.05) is 6.20 Å². The van der Waals surface area contributed by atoms with E-state index in [4.69, 9.17) is 0 Å². The Hall–Kier alpha value is -2.89. The van der Waals surface area contributed by atoms with Gasteiger partial charge in [-0.25, -0.2) is 9.37 Å². The smallest absolute Gasteiger partial charge is 0.258 e. The molecule has 2 N–H and O–H groups in total. The normalized spacial score (nSPS) is 15.8. The zero-order chi connectivity index (χ0) is 16.0. The minimum atomic E-state index is -0.458. The van der Waals surface area contributed by atoms with Gasteiger partial charge in [0.1, 0.15) is 11.6 Å². The standard InChI is InChI=1S/C17H15FN4O/c1-10-8-14-15(16-19-6-7-22(10)16)11(9-20-14)17(23)21-13-5-3-2-4-12(13)18/h2-7,9-10,20H,8H2,1H3,(H,21,23)/t10-/m0/s1. The largest absolute Gasteiger partial charge is 0.364 e. The molecule has 0 unspecified atom stereocenters. The van der Waals surface area contributed by atoms with E-state index in [1.54, 1.807) is 24.5 Å². The zero-order valence-corrected chi connectivity index (χ0v) is 12.5. The SMILES string of the molecule is C[C@H]1Cc2[nH]cc(C(=O)Nc3ccccc3F)c2-c2nccn21. The fourth-order valence-electron chi connectivity index (χ4n) is 3.07. The third-order valence-corrected chi connectivity index (χ3v) is 4.20. The molecule has 0 spiro atoms. The number of benzene rings is 1.